The van der Waals surface area contributed by atoms with Gasteiger partial charge in [-0.05, 0) is 37.1 Å². The fourth-order valence-electron chi connectivity index (χ4n) is 1.96. The number of benzene rings is 1. The number of esters is 1. The second-order valence-corrected chi connectivity index (χ2v) is 4.73. The van der Waals surface area contributed by atoms with Gasteiger partial charge in [0.25, 0.3) is 0 Å². The molecule has 0 aliphatic heterocycles. The molecule has 1 aromatic rings. The summed E-state index contributed by atoms with van der Waals surface area (Å²) < 4.78 is 10.4. The number of carbonyl (C=O) groups is 1. The third-order valence-electron chi connectivity index (χ3n) is 3.12. The Morgan fingerprint density at radius 3 is 2.53 bits per heavy atom. The number of hydrogen-bond donors (Lipinski definition) is 0. The summed E-state index contributed by atoms with van der Waals surface area (Å²) in [6.07, 6.45) is 6.13. The average molecular weight is 264 g/mol. The SMILES string of the molecule is CCCCCCCOc1ccc(C(=O)OC)c(C)c1. The highest BCUT2D eigenvalue weighted by molar-refractivity contribution is 5.91. The fourth-order valence-corrected chi connectivity index (χ4v) is 1.96. The van der Waals surface area contributed by atoms with Crippen LogP contribution in [0.1, 0.15) is 54.9 Å². The largest absolute Gasteiger partial charge is 0.494 e. The van der Waals surface area contributed by atoms with E-state index in [9.17, 15) is 4.79 Å². The van der Waals surface area contributed by atoms with Crippen LogP contribution >= 0.6 is 0 Å². The van der Waals surface area contributed by atoms with Crippen LogP contribution in [0.5, 0.6) is 5.75 Å². The highest BCUT2D eigenvalue weighted by Gasteiger charge is 2.09. The van der Waals surface area contributed by atoms with Crippen molar-refractivity contribution in [1.29, 1.82) is 0 Å². The van der Waals surface area contributed by atoms with Gasteiger partial charge >= 0.3 is 5.97 Å². The molecule has 19 heavy (non-hydrogen) atoms. The van der Waals surface area contributed by atoms with Crippen molar-refractivity contribution in [3.05, 3.63) is 29.3 Å². The lowest BCUT2D eigenvalue weighted by Crippen LogP contribution is -2.04. The summed E-state index contributed by atoms with van der Waals surface area (Å²) in [4.78, 5) is 11.4. The Hall–Kier alpha value is -1.51. The van der Waals surface area contributed by atoms with Crippen LogP contribution in [-0.2, 0) is 4.74 Å². The molecule has 106 valence electrons. The van der Waals surface area contributed by atoms with E-state index in [1.807, 2.05) is 19.1 Å². The number of hydrogen-bond acceptors (Lipinski definition) is 3. The molecule has 0 aromatic heterocycles. The van der Waals surface area contributed by atoms with Crippen LogP contribution in [0.2, 0.25) is 0 Å². The van der Waals surface area contributed by atoms with Gasteiger partial charge in [0.2, 0.25) is 0 Å². The molecule has 0 radical (unpaired) electrons. The molecule has 0 N–H and O–H groups in total. The maximum atomic E-state index is 11.4. The Morgan fingerprint density at radius 1 is 1.16 bits per heavy atom. The van der Waals surface area contributed by atoms with Crippen LogP contribution in [0.25, 0.3) is 0 Å². The van der Waals surface area contributed by atoms with Crippen LogP contribution in [-0.4, -0.2) is 19.7 Å². The van der Waals surface area contributed by atoms with Crippen LogP contribution < -0.4 is 4.74 Å². The number of ether oxygens (including phenoxy) is 2. The monoisotopic (exact) mass is 264 g/mol. The van der Waals surface area contributed by atoms with Crippen molar-refractivity contribution in [1.82, 2.24) is 0 Å². The number of unbranched alkanes of at least 4 members (excludes halogenated alkanes) is 4. The first-order chi connectivity index (χ1) is 9.19. The summed E-state index contributed by atoms with van der Waals surface area (Å²) in [6, 6.07) is 5.47. The first kappa shape index (κ1) is 15.5. The lowest BCUT2D eigenvalue weighted by Gasteiger charge is -2.09. The normalized spacial score (nSPS) is 10.3. The molecule has 0 saturated heterocycles. The topological polar surface area (TPSA) is 35.5 Å². The van der Waals surface area contributed by atoms with Gasteiger partial charge in [-0.2, -0.15) is 0 Å². The molecule has 0 amide bonds. The van der Waals surface area contributed by atoms with E-state index in [1.54, 1.807) is 6.07 Å². The number of methoxy groups -OCH3 is 1. The van der Waals surface area contributed by atoms with Gasteiger partial charge in [0, 0.05) is 0 Å². The van der Waals surface area contributed by atoms with Gasteiger partial charge in [-0.15, -0.1) is 0 Å². The van der Waals surface area contributed by atoms with Crippen molar-refractivity contribution < 1.29 is 14.3 Å². The van der Waals surface area contributed by atoms with Crippen molar-refractivity contribution in [3.63, 3.8) is 0 Å². The molecule has 3 nitrogen and oxygen atoms in total. The summed E-state index contributed by atoms with van der Waals surface area (Å²) in [5.41, 5.74) is 1.48. The Labute approximate surface area is 115 Å². The molecule has 0 aliphatic rings. The van der Waals surface area contributed by atoms with E-state index < -0.39 is 0 Å². The molecule has 0 saturated carbocycles. The molecule has 0 unspecified atom stereocenters. The van der Waals surface area contributed by atoms with E-state index in [2.05, 4.69) is 6.92 Å². The lowest BCUT2D eigenvalue weighted by atomic mass is 10.1. The van der Waals surface area contributed by atoms with Crippen molar-refractivity contribution in [2.24, 2.45) is 0 Å². The third kappa shape index (κ3) is 5.33. The average Bonchev–Trinajstić information content (AvgIpc) is 2.42. The van der Waals surface area contributed by atoms with E-state index in [0.717, 1.165) is 24.3 Å². The van der Waals surface area contributed by atoms with Crippen molar-refractivity contribution >= 4 is 5.97 Å². The molecule has 0 atom stereocenters. The zero-order valence-corrected chi connectivity index (χ0v) is 12.2. The standard InChI is InChI=1S/C16H24O3/c1-4-5-6-7-8-11-19-14-9-10-15(13(2)12-14)16(17)18-3/h9-10,12H,4-8,11H2,1-3H3. The molecule has 0 bridgehead atoms. The minimum atomic E-state index is -0.302. The predicted octanol–water partition coefficient (Wildman–Crippen LogP) is 4.13. The molecule has 0 spiro atoms. The molecular formula is C16H24O3. The summed E-state index contributed by atoms with van der Waals surface area (Å²) >= 11 is 0. The van der Waals surface area contributed by atoms with Gasteiger partial charge in [0.15, 0.2) is 0 Å². The molecule has 3 heteroatoms. The summed E-state index contributed by atoms with van der Waals surface area (Å²) in [5, 5.41) is 0. The summed E-state index contributed by atoms with van der Waals surface area (Å²) in [5.74, 6) is 0.518. The van der Waals surface area contributed by atoms with Gasteiger partial charge < -0.3 is 9.47 Å². The quantitative estimate of drug-likeness (QED) is 0.523. The van der Waals surface area contributed by atoms with E-state index in [-0.39, 0.29) is 5.97 Å². The summed E-state index contributed by atoms with van der Waals surface area (Å²) in [7, 11) is 1.39. The van der Waals surface area contributed by atoms with Crippen LogP contribution in [0.15, 0.2) is 18.2 Å². The summed E-state index contributed by atoms with van der Waals surface area (Å²) in [6.45, 7) is 4.84. The van der Waals surface area contributed by atoms with Crippen molar-refractivity contribution in [2.45, 2.75) is 46.0 Å². The van der Waals surface area contributed by atoms with E-state index in [1.165, 1.54) is 32.8 Å². The van der Waals surface area contributed by atoms with Gasteiger partial charge in [0.05, 0.1) is 19.3 Å². The molecule has 0 heterocycles. The van der Waals surface area contributed by atoms with E-state index >= 15 is 0 Å². The van der Waals surface area contributed by atoms with E-state index in [0.29, 0.717) is 5.56 Å². The van der Waals surface area contributed by atoms with Crippen molar-refractivity contribution in [2.75, 3.05) is 13.7 Å². The third-order valence-corrected chi connectivity index (χ3v) is 3.12. The van der Waals surface area contributed by atoms with Gasteiger partial charge in [-0.3, -0.25) is 0 Å². The molecular weight excluding hydrogens is 240 g/mol. The smallest absolute Gasteiger partial charge is 0.338 e. The first-order valence-electron chi connectivity index (χ1n) is 7.00. The number of aryl methyl sites for hydroxylation is 1. The molecule has 0 fully saturated rings. The second-order valence-electron chi connectivity index (χ2n) is 4.73. The molecule has 1 rings (SSSR count). The Bertz CT molecular complexity index is 399. The molecule has 0 aliphatic carbocycles. The zero-order valence-electron chi connectivity index (χ0n) is 12.2. The van der Waals surface area contributed by atoms with Crippen molar-refractivity contribution in [3.8, 4) is 5.75 Å². The maximum absolute atomic E-state index is 11.4. The number of rotatable bonds is 8. The fraction of sp³-hybridized carbons (Fsp3) is 0.562. The van der Waals surface area contributed by atoms with Gasteiger partial charge in [-0.25, -0.2) is 4.79 Å². The number of carbonyl (C=O) groups excluding carboxylic acids is 1. The minimum Gasteiger partial charge on any atom is -0.494 e. The second kappa shape index (κ2) is 8.57. The first-order valence-corrected chi connectivity index (χ1v) is 7.00. The lowest BCUT2D eigenvalue weighted by molar-refractivity contribution is 0.0600. The van der Waals surface area contributed by atoms with E-state index in [4.69, 9.17) is 9.47 Å². The maximum Gasteiger partial charge on any atom is 0.338 e. The minimum absolute atomic E-state index is 0.302. The Balaban J connectivity index is 2.39. The van der Waals surface area contributed by atoms with Crippen LogP contribution in [0.3, 0.4) is 0 Å². The highest BCUT2D eigenvalue weighted by atomic mass is 16.5. The zero-order chi connectivity index (χ0) is 14.1. The van der Waals surface area contributed by atoms with Gasteiger partial charge in [-0.1, -0.05) is 32.6 Å². The van der Waals surface area contributed by atoms with Crippen LogP contribution in [0, 0.1) is 6.92 Å². The van der Waals surface area contributed by atoms with Gasteiger partial charge in [0.1, 0.15) is 5.75 Å². The highest BCUT2D eigenvalue weighted by Crippen LogP contribution is 2.18. The van der Waals surface area contributed by atoms with Crippen LogP contribution in [0.4, 0.5) is 0 Å². The predicted molar refractivity (Wildman–Crippen MR) is 76.8 cm³/mol. The Kier molecular flexibility index (Phi) is 7.01. The Morgan fingerprint density at radius 2 is 1.89 bits per heavy atom. The molecule has 1 aromatic carbocycles.